The highest BCUT2D eigenvalue weighted by atomic mass is 35.5. The number of halogens is 4. The van der Waals surface area contributed by atoms with Gasteiger partial charge in [0.15, 0.2) is 5.82 Å². The van der Waals surface area contributed by atoms with E-state index >= 15 is 0 Å². The molecule has 0 spiro atoms. The number of nitrogens with one attached hydrogen (secondary N) is 1. The molecule has 0 fully saturated rings. The van der Waals surface area contributed by atoms with Gasteiger partial charge in [-0.25, -0.2) is 14.5 Å². The van der Waals surface area contributed by atoms with Crippen LogP contribution in [0.25, 0.3) is 10.9 Å². The molecule has 2 heterocycles. The van der Waals surface area contributed by atoms with E-state index in [0.29, 0.717) is 28.9 Å². The number of para-hydroxylation sites is 1. The van der Waals surface area contributed by atoms with Crippen molar-refractivity contribution in [1.29, 1.82) is 0 Å². The zero-order valence-corrected chi connectivity index (χ0v) is 18.2. The van der Waals surface area contributed by atoms with Crippen LogP contribution in [0.2, 0.25) is 5.02 Å². The normalized spacial score (nSPS) is 10.8. The van der Waals surface area contributed by atoms with E-state index in [1.807, 2.05) is 35.0 Å². The Morgan fingerprint density at radius 2 is 1.93 bits per heavy atom. The number of aryl methyl sites for hydroxylation is 1. The number of hydrogen-bond acceptors (Lipinski definition) is 5. The van der Waals surface area contributed by atoms with Crippen molar-refractivity contribution < 1.29 is 4.39 Å². The van der Waals surface area contributed by atoms with Gasteiger partial charge in [0.25, 0.3) is 5.95 Å². The summed E-state index contributed by atoms with van der Waals surface area (Å²) in [5.74, 6) is 6.36. The minimum absolute atomic E-state index is 0. The first-order valence-electron chi connectivity index (χ1n) is 8.51. The van der Waals surface area contributed by atoms with Crippen molar-refractivity contribution in [3.63, 3.8) is 0 Å². The predicted octanol–water partition coefficient (Wildman–Crippen LogP) is 4.39. The SMILES string of the molecule is Cc1nnc(NN=Cc2cn(Cc3c(F)cccc3Cl)c3ccccc23)n1N.Cl.Cl. The quantitative estimate of drug-likeness (QED) is 0.257. The Morgan fingerprint density at radius 3 is 2.63 bits per heavy atom. The Balaban J connectivity index is 0.00000160. The fourth-order valence-electron chi connectivity index (χ4n) is 2.97. The summed E-state index contributed by atoms with van der Waals surface area (Å²) < 4.78 is 17.5. The van der Waals surface area contributed by atoms with Crippen molar-refractivity contribution in [2.45, 2.75) is 13.5 Å². The molecule has 0 radical (unpaired) electrons. The number of rotatable bonds is 5. The van der Waals surface area contributed by atoms with Crippen molar-refractivity contribution in [3.05, 3.63) is 76.5 Å². The first-order valence-corrected chi connectivity index (χ1v) is 8.89. The van der Waals surface area contributed by atoms with Gasteiger partial charge in [0.1, 0.15) is 5.82 Å². The van der Waals surface area contributed by atoms with Crippen LogP contribution in [0.4, 0.5) is 10.3 Å². The molecule has 0 aliphatic rings. The number of nitrogens with zero attached hydrogens (tertiary/aromatic N) is 5. The lowest BCUT2D eigenvalue weighted by atomic mass is 10.2. The molecule has 0 amide bonds. The molecule has 0 unspecified atom stereocenters. The number of anilines is 1. The fraction of sp³-hybridized carbons (Fsp3) is 0.105. The summed E-state index contributed by atoms with van der Waals surface area (Å²) in [6.07, 6.45) is 3.56. The summed E-state index contributed by atoms with van der Waals surface area (Å²) in [7, 11) is 0. The van der Waals surface area contributed by atoms with Crippen LogP contribution in [-0.2, 0) is 6.54 Å². The van der Waals surface area contributed by atoms with Gasteiger partial charge >= 0.3 is 0 Å². The van der Waals surface area contributed by atoms with E-state index in [9.17, 15) is 4.39 Å². The maximum absolute atomic E-state index is 14.2. The minimum atomic E-state index is -0.334. The molecule has 0 saturated heterocycles. The standard InChI is InChI=1S/C19H17ClFN7.2ClH/c1-12-24-26-19(28(12)22)25-23-9-13-10-27(18-8-3-2-5-14(13)18)11-15-16(20)6-4-7-17(15)21;;/h2-10H,11,22H2,1H3,(H,25,26);2*1H. The second kappa shape index (κ2) is 9.80. The van der Waals surface area contributed by atoms with Gasteiger partial charge in [-0.1, -0.05) is 35.9 Å². The summed E-state index contributed by atoms with van der Waals surface area (Å²) in [4.78, 5) is 0. The maximum Gasteiger partial charge on any atom is 0.263 e. The Kier molecular flexibility index (Phi) is 7.66. The lowest BCUT2D eigenvalue weighted by Crippen LogP contribution is -2.13. The van der Waals surface area contributed by atoms with Gasteiger partial charge in [-0.2, -0.15) is 5.10 Å². The lowest BCUT2D eigenvalue weighted by Gasteiger charge is -2.08. The van der Waals surface area contributed by atoms with Crippen molar-refractivity contribution in [3.8, 4) is 0 Å². The number of benzene rings is 2. The zero-order valence-electron chi connectivity index (χ0n) is 15.8. The first kappa shape index (κ1) is 23.5. The molecule has 0 saturated carbocycles. The third kappa shape index (κ3) is 4.51. The smallest absolute Gasteiger partial charge is 0.263 e. The summed E-state index contributed by atoms with van der Waals surface area (Å²) in [6, 6.07) is 12.5. The van der Waals surface area contributed by atoms with E-state index < -0.39 is 0 Å². The van der Waals surface area contributed by atoms with E-state index in [4.69, 9.17) is 17.4 Å². The van der Waals surface area contributed by atoms with Crippen LogP contribution in [0.3, 0.4) is 0 Å². The second-order valence-electron chi connectivity index (χ2n) is 6.24. The number of nitrogen functional groups attached to an aromatic ring is 1. The highest BCUT2D eigenvalue weighted by Gasteiger charge is 2.12. The van der Waals surface area contributed by atoms with Gasteiger partial charge in [-0.15, -0.1) is 35.0 Å². The van der Waals surface area contributed by atoms with E-state index in [-0.39, 0.29) is 30.6 Å². The molecule has 7 nitrogen and oxygen atoms in total. The molecular weight excluding hydrogens is 452 g/mol. The Hall–Kier alpha value is -2.81. The van der Waals surface area contributed by atoms with Crippen LogP contribution in [0.5, 0.6) is 0 Å². The molecule has 158 valence electrons. The van der Waals surface area contributed by atoms with Gasteiger partial charge in [0.2, 0.25) is 0 Å². The van der Waals surface area contributed by atoms with Crippen LogP contribution >= 0.6 is 36.4 Å². The summed E-state index contributed by atoms with van der Waals surface area (Å²) >= 11 is 6.19. The fourth-order valence-corrected chi connectivity index (χ4v) is 3.19. The molecular formula is C19H19Cl3FN7. The summed E-state index contributed by atoms with van der Waals surface area (Å²) in [6.45, 7) is 2.05. The summed E-state index contributed by atoms with van der Waals surface area (Å²) in [5.41, 5.74) is 5.01. The highest BCUT2D eigenvalue weighted by Crippen LogP contribution is 2.25. The largest absolute Gasteiger partial charge is 0.342 e. The average Bonchev–Trinajstić information content (AvgIpc) is 3.20. The van der Waals surface area contributed by atoms with E-state index in [1.54, 1.807) is 25.3 Å². The Labute approximate surface area is 189 Å². The van der Waals surface area contributed by atoms with E-state index in [1.165, 1.54) is 10.7 Å². The van der Waals surface area contributed by atoms with Crippen molar-refractivity contribution >= 4 is 59.5 Å². The van der Waals surface area contributed by atoms with Crippen molar-refractivity contribution in [1.82, 2.24) is 19.4 Å². The zero-order chi connectivity index (χ0) is 19.7. The third-order valence-corrected chi connectivity index (χ3v) is 4.80. The Bertz CT molecular complexity index is 1170. The van der Waals surface area contributed by atoms with Crippen LogP contribution < -0.4 is 11.3 Å². The van der Waals surface area contributed by atoms with Crippen LogP contribution in [0, 0.1) is 12.7 Å². The molecule has 4 aromatic rings. The molecule has 3 N–H and O–H groups in total. The Morgan fingerprint density at radius 1 is 1.17 bits per heavy atom. The van der Waals surface area contributed by atoms with Crippen LogP contribution in [-0.4, -0.2) is 25.7 Å². The van der Waals surface area contributed by atoms with E-state index in [2.05, 4.69) is 20.7 Å². The van der Waals surface area contributed by atoms with Gasteiger partial charge in [-0.05, 0) is 25.1 Å². The molecule has 2 aromatic carbocycles. The number of nitrogens with two attached hydrogens (primary N) is 1. The van der Waals surface area contributed by atoms with Crippen LogP contribution in [0.1, 0.15) is 17.0 Å². The molecule has 4 rings (SSSR count). The van der Waals surface area contributed by atoms with E-state index in [0.717, 1.165) is 16.5 Å². The second-order valence-corrected chi connectivity index (χ2v) is 6.65. The minimum Gasteiger partial charge on any atom is -0.342 e. The molecule has 0 bridgehead atoms. The molecule has 0 aliphatic carbocycles. The molecule has 0 aliphatic heterocycles. The van der Waals surface area contributed by atoms with Crippen molar-refractivity contribution in [2.24, 2.45) is 5.10 Å². The maximum atomic E-state index is 14.2. The first-order chi connectivity index (χ1) is 13.5. The highest BCUT2D eigenvalue weighted by molar-refractivity contribution is 6.31. The predicted molar refractivity (Wildman–Crippen MR) is 123 cm³/mol. The van der Waals surface area contributed by atoms with Gasteiger partial charge in [-0.3, -0.25) is 0 Å². The number of fused-ring (bicyclic) bond motifs is 1. The molecule has 30 heavy (non-hydrogen) atoms. The number of hydrazone groups is 1. The average molecular weight is 471 g/mol. The van der Waals surface area contributed by atoms with Gasteiger partial charge in [0.05, 0.1) is 12.8 Å². The lowest BCUT2D eigenvalue weighted by molar-refractivity contribution is 0.602. The van der Waals surface area contributed by atoms with Crippen LogP contribution in [0.15, 0.2) is 53.8 Å². The number of aromatic nitrogens is 4. The topological polar surface area (TPSA) is 86.0 Å². The molecule has 2 aromatic heterocycles. The number of hydrogen-bond donors (Lipinski definition) is 2. The molecule has 11 heteroatoms. The third-order valence-electron chi connectivity index (χ3n) is 4.44. The molecule has 0 atom stereocenters. The van der Waals surface area contributed by atoms with Crippen molar-refractivity contribution in [2.75, 3.05) is 11.3 Å². The summed E-state index contributed by atoms with van der Waals surface area (Å²) in [5, 5.41) is 13.3. The monoisotopic (exact) mass is 469 g/mol. The van der Waals surface area contributed by atoms with Gasteiger partial charge in [0, 0.05) is 33.2 Å². The van der Waals surface area contributed by atoms with Gasteiger partial charge < -0.3 is 10.4 Å².